The van der Waals surface area contributed by atoms with E-state index in [4.69, 9.17) is 16.0 Å². The molecule has 27 heavy (non-hydrogen) atoms. The summed E-state index contributed by atoms with van der Waals surface area (Å²) in [7, 11) is 0. The molecular weight excluding hydrogens is 367 g/mol. The smallest absolute Gasteiger partial charge is 0.223 e. The highest BCUT2D eigenvalue weighted by molar-refractivity contribution is 6.30. The zero-order valence-corrected chi connectivity index (χ0v) is 15.7. The number of amides is 1. The maximum absolute atomic E-state index is 13.0. The van der Waals surface area contributed by atoms with Crippen molar-refractivity contribution in [2.45, 2.75) is 26.3 Å². The third kappa shape index (κ3) is 5.17. The minimum Gasteiger partial charge on any atom is -0.441 e. The minimum atomic E-state index is -0.302. The van der Waals surface area contributed by atoms with Crippen molar-refractivity contribution in [3.8, 4) is 11.3 Å². The van der Waals surface area contributed by atoms with Gasteiger partial charge in [0.15, 0.2) is 11.7 Å². The molecular formula is C21H20ClFN2O2. The van der Waals surface area contributed by atoms with E-state index in [2.05, 4.69) is 4.98 Å². The lowest BCUT2D eigenvalue weighted by Gasteiger charge is -2.21. The van der Waals surface area contributed by atoms with Crippen LogP contribution in [0.5, 0.6) is 0 Å². The van der Waals surface area contributed by atoms with Crippen molar-refractivity contribution in [3.63, 3.8) is 0 Å². The van der Waals surface area contributed by atoms with Crippen LogP contribution in [0, 0.1) is 5.82 Å². The maximum Gasteiger partial charge on any atom is 0.223 e. The van der Waals surface area contributed by atoms with Gasteiger partial charge in [-0.3, -0.25) is 4.79 Å². The first-order chi connectivity index (χ1) is 13.0. The molecule has 0 saturated carbocycles. The summed E-state index contributed by atoms with van der Waals surface area (Å²) >= 11 is 6.01. The Morgan fingerprint density at radius 2 is 2.00 bits per heavy atom. The van der Waals surface area contributed by atoms with Gasteiger partial charge in [-0.1, -0.05) is 23.7 Å². The van der Waals surface area contributed by atoms with Crippen molar-refractivity contribution in [3.05, 3.63) is 77.0 Å². The minimum absolute atomic E-state index is 0.0269. The highest BCUT2D eigenvalue weighted by Gasteiger charge is 2.14. The Kier molecular flexibility index (Phi) is 6.24. The van der Waals surface area contributed by atoms with E-state index >= 15 is 0 Å². The van der Waals surface area contributed by atoms with Crippen molar-refractivity contribution in [1.29, 1.82) is 0 Å². The summed E-state index contributed by atoms with van der Waals surface area (Å²) in [5.41, 5.74) is 1.74. The van der Waals surface area contributed by atoms with E-state index in [0.29, 0.717) is 42.6 Å². The number of hydrogen-bond donors (Lipinski definition) is 0. The predicted molar refractivity (Wildman–Crippen MR) is 103 cm³/mol. The van der Waals surface area contributed by atoms with Crippen LogP contribution in [-0.4, -0.2) is 22.3 Å². The van der Waals surface area contributed by atoms with Crippen molar-refractivity contribution in [1.82, 2.24) is 9.88 Å². The normalized spacial score (nSPS) is 10.8. The van der Waals surface area contributed by atoms with Gasteiger partial charge in [0, 0.05) is 36.5 Å². The largest absolute Gasteiger partial charge is 0.441 e. The Morgan fingerprint density at radius 1 is 1.22 bits per heavy atom. The number of aryl methyl sites for hydroxylation is 1. The van der Waals surface area contributed by atoms with Gasteiger partial charge in [-0.25, -0.2) is 9.37 Å². The van der Waals surface area contributed by atoms with E-state index in [9.17, 15) is 9.18 Å². The lowest BCUT2D eigenvalue weighted by molar-refractivity contribution is -0.131. The monoisotopic (exact) mass is 386 g/mol. The molecule has 0 aliphatic carbocycles. The zero-order chi connectivity index (χ0) is 19.2. The summed E-state index contributed by atoms with van der Waals surface area (Å²) < 4.78 is 18.7. The van der Waals surface area contributed by atoms with Crippen LogP contribution in [0.2, 0.25) is 5.02 Å². The van der Waals surface area contributed by atoms with E-state index in [1.165, 1.54) is 12.1 Å². The number of nitrogens with zero attached hydrogens (tertiary/aromatic N) is 2. The third-order valence-electron chi connectivity index (χ3n) is 4.23. The standard InChI is InChI=1S/C21H20ClFN2O2/c1-2-25(14-15-4-3-5-17(22)12-15)21(26)11-10-20-24-13-19(27-20)16-6-8-18(23)9-7-16/h3-9,12-13H,2,10-11,14H2,1H3. The van der Waals surface area contributed by atoms with Crippen LogP contribution < -0.4 is 0 Å². The molecule has 0 spiro atoms. The molecule has 140 valence electrons. The maximum atomic E-state index is 13.0. The fraction of sp³-hybridized carbons (Fsp3) is 0.238. The molecule has 4 nitrogen and oxygen atoms in total. The van der Waals surface area contributed by atoms with Gasteiger partial charge in [0.05, 0.1) is 6.20 Å². The van der Waals surface area contributed by atoms with Crippen LogP contribution in [0.3, 0.4) is 0 Å². The fourth-order valence-corrected chi connectivity index (χ4v) is 2.99. The molecule has 0 fully saturated rings. The second kappa shape index (κ2) is 8.82. The molecule has 0 atom stereocenters. The first-order valence-electron chi connectivity index (χ1n) is 8.78. The van der Waals surface area contributed by atoms with Crippen LogP contribution >= 0.6 is 11.6 Å². The summed E-state index contributed by atoms with van der Waals surface area (Å²) in [6.07, 6.45) is 2.31. The lowest BCUT2D eigenvalue weighted by atomic mass is 10.2. The van der Waals surface area contributed by atoms with Crippen molar-refractivity contribution in [2.24, 2.45) is 0 Å². The summed E-state index contributed by atoms with van der Waals surface area (Å²) in [6.45, 7) is 3.07. The number of hydrogen-bond acceptors (Lipinski definition) is 3. The first kappa shape index (κ1) is 19.1. The molecule has 0 bridgehead atoms. The van der Waals surface area contributed by atoms with Crippen molar-refractivity contribution < 1.29 is 13.6 Å². The molecule has 0 aliphatic heterocycles. The molecule has 2 aromatic carbocycles. The SMILES string of the molecule is CCN(Cc1cccc(Cl)c1)C(=O)CCc1ncc(-c2ccc(F)cc2)o1. The Balaban J connectivity index is 1.58. The van der Waals surface area contributed by atoms with Gasteiger partial charge < -0.3 is 9.32 Å². The second-order valence-electron chi connectivity index (χ2n) is 6.16. The molecule has 1 amide bonds. The molecule has 1 aromatic heterocycles. The van der Waals surface area contributed by atoms with Gasteiger partial charge >= 0.3 is 0 Å². The molecule has 0 aliphatic rings. The Labute approximate surface area is 162 Å². The third-order valence-corrected chi connectivity index (χ3v) is 4.47. The molecule has 3 rings (SSSR count). The van der Waals surface area contributed by atoms with Gasteiger partial charge in [0.1, 0.15) is 5.82 Å². The van der Waals surface area contributed by atoms with Gasteiger partial charge in [0.25, 0.3) is 0 Å². The second-order valence-corrected chi connectivity index (χ2v) is 6.60. The van der Waals surface area contributed by atoms with Gasteiger partial charge in [-0.15, -0.1) is 0 Å². The Bertz CT molecular complexity index is 909. The topological polar surface area (TPSA) is 46.3 Å². The highest BCUT2D eigenvalue weighted by Crippen LogP contribution is 2.21. The summed E-state index contributed by atoms with van der Waals surface area (Å²) in [5.74, 6) is 0.771. The van der Waals surface area contributed by atoms with Crippen LogP contribution in [0.25, 0.3) is 11.3 Å². The average molecular weight is 387 g/mol. The van der Waals surface area contributed by atoms with Crippen molar-refractivity contribution >= 4 is 17.5 Å². The number of halogens is 2. The lowest BCUT2D eigenvalue weighted by Crippen LogP contribution is -2.30. The van der Waals surface area contributed by atoms with Crippen LogP contribution in [0.15, 0.2) is 59.1 Å². The molecule has 0 radical (unpaired) electrons. The van der Waals surface area contributed by atoms with Crippen LogP contribution in [0.4, 0.5) is 4.39 Å². The number of aromatic nitrogens is 1. The first-order valence-corrected chi connectivity index (χ1v) is 9.16. The van der Waals surface area contributed by atoms with E-state index in [1.54, 1.807) is 23.2 Å². The number of rotatable bonds is 7. The van der Waals surface area contributed by atoms with Crippen molar-refractivity contribution in [2.75, 3.05) is 6.54 Å². The average Bonchev–Trinajstić information content (AvgIpc) is 3.14. The molecule has 0 saturated heterocycles. The number of benzene rings is 2. The van der Waals surface area contributed by atoms with E-state index in [-0.39, 0.29) is 11.7 Å². The molecule has 1 heterocycles. The van der Waals surface area contributed by atoms with E-state index < -0.39 is 0 Å². The Hall–Kier alpha value is -2.66. The quantitative estimate of drug-likeness (QED) is 0.566. The molecule has 6 heteroatoms. The van der Waals surface area contributed by atoms with Crippen LogP contribution in [0.1, 0.15) is 24.8 Å². The predicted octanol–water partition coefficient (Wildman–Crippen LogP) is 5.12. The number of carbonyl (C=O) groups excluding carboxylic acids is 1. The van der Waals surface area contributed by atoms with E-state index in [1.807, 2.05) is 31.2 Å². The molecule has 0 N–H and O–H groups in total. The Morgan fingerprint density at radius 3 is 2.70 bits per heavy atom. The van der Waals surface area contributed by atoms with E-state index in [0.717, 1.165) is 11.1 Å². The molecule has 0 unspecified atom stereocenters. The number of oxazole rings is 1. The highest BCUT2D eigenvalue weighted by atomic mass is 35.5. The summed E-state index contributed by atoms with van der Waals surface area (Å²) in [5, 5.41) is 0.657. The number of carbonyl (C=O) groups is 1. The molecule has 3 aromatic rings. The van der Waals surface area contributed by atoms with Gasteiger partial charge in [-0.2, -0.15) is 0 Å². The summed E-state index contributed by atoms with van der Waals surface area (Å²) in [6, 6.07) is 13.5. The van der Waals surface area contributed by atoms with Gasteiger partial charge in [-0.05, 0) is 48.9 Å². The fourth-order valence-electron chi connectivity index (χ4n) is 2.78. The summed E-state index contributed by atoms with van der Waals surface area (Å²) in [4.78, 5) is 18.5. The zero-order valence-electron chi connectivity index (χ0n) is 15.0. The van der Waals surface area contributed by atoms with Gasteiger partial charge in [0.2, 0.25) is 5.91 Å². The van der Waals surface area contributed by atoms with Crippen LogP contribution in [-0.2, 0) is 17.8 Å².